The molecule has 0 radical (unpaired) electrons. The van der Waals surface area contributed by atoms with E-state index in [-0.39, 0.29) is 5.82 Å². The van der Waals surface area contributed by atoms with E-state index in [1.165, 1.54) is 27.0 Å². The molecule has 0 fully saturated rings. The highest BCUT2D eigenvalue weighted by molar-refractivity contribution is 9.10. The fraction of sp³-hybridized carbons (Fsp3) is 0.333. The zero-order valence-corrected chi connectivity index (χ0v) is 13.2. The molecule has 1 aromatic carbocycles. The van der Waals surface area contributed by atoms with Crippen LogP contribution >= 0.6 is 27.3 Å². The Morgan fingerprint density at radius 1 is 1.21 bits per heavy atom. The van der Waals surface area contributed by atoms with Crippen LogP contribution in [0.15, 0.2) is 40.2 Å². The predicted octanol–water partition coefficient (Wildman–Crippen LogP) is 4.27. The molecule has 0 aliphatic rings. The molecule has 1 heterocycles. The second kappa shape index (κ2) is 7.17. The van der Waals surface area contributed by atoms with Gasteiger partial charge in [-0.25, -0.2) is 4.39 Å². The van der Waals surface area contributed by atoms with Gasteiger partial charge in [-0.2, -0.15) is 0 Å². The van der Waals surface area contributed by atoms with Gasteiger partial charge in [-0.15, -0.1) is 11.3 Å². The standard InChI is InChI=1S/C15H17BrFNS/c1-18-10-12(9-15-14(16)6-7-19-15)8-11-2-4-13(17)5-3-11/h2-7,12,18H,8-10H2,1H3. The smallest absolute Gasteiger partial charge is 0.123 e. The molecule has 0 aliphatic heterocycles. The lowest BCUT2D eigenvalue weighted by molar-refractivity contribution is 0.495. The molecule has 0 saturated carbocycles. The minimum atomic E-state index is -0.171. The number of thiophene rings is 1. The highest BCUT2D eigenvalue weighted by Gasteiger charge is 2.13. The van der Waals surface area contributed by atoms with Crippen molar-refractivity contribution >= 4 is 27.3 Å². The van der Waals surface area contributed by atoms with Crippen LogP contribution in [0, 0.1) is 11.7 Å². The summed E-state index contributed by atoms with van der Waals surface area (Å²) >= 11 is 5.36. The quantitative estimate of drug-likeness (QED) is 0.827. The van der Waals surface area contributed by atoms with E-state index in [0.29, 0.717) is 5.92 Å². The van der Waals surface area contributed by atoms with E-state index in [1.807, 2.05) is 19.2 Å². The Hall–Kier alpha value is -0.710. The maximum Gasteiger partial charge on any atom is 0.123 e. The first kappa shape index (κ1) is 14.7. The lowest BCUT2D eigenvalue weighted by atomic mass is 9.95. The van der Waals surface area contributed by atoms with E-state index >= 15 is 0 Å². The summed E-state index contributed by atoms with van der Waals surface area (Å²) in [6.45, 7) is 0.960. The van der Waals surface area contributed by atoms with Gasteiger partial charge in [0.25, 0.3) is 0 Å². The summed E-state index contributed by atoms with van der Waals surface area (Å²) in [5.41, 5.74) is 1.19. The summed E-state index contributed by atoms with van der Waals surface area (Å²) in [5, 5.41) is 5.35. The van der Waals surface area contributed by atoms with Crippen LogP contribution in [0.2, 0.25) is 0 Å². The number of rotatable bonds is 6. The first-order chi connectivity index (χ1) is 9.19. The first-order valence-electron chi connectivity index (χ1n) is 6.30. The topological polar surface area (TPSA) is 12.0 Å². The van der Waals surface area contributed by atoms with Crippen LogP contribution < -0.4 is 5.32 Å². The largest absolute Gasteiger partial charge is 0.319 e. The van der Waals surface area contributed by atoms with Crippen LogP contribution in [-0.2, 0) is 12.8 Å². The average Bonchev–Trinajstić information content (AvgIpc) is 2.78. The van der Waals surface area contributed by atoms with Crippen molar-refractivity contribution in [3.8, 4) is 0 Å². The maximum absolute atomic E-state index is 12.9. The van der Waals surface area contributed by atoms with E-state index in [0.717, 1.165) is 19.4 Å². The van der Waals surface area contributed by atoms with Crippen LogP contribution in [-0.4, -0.2) is 13.6 Å². The maximum atomic E-state index is 12.9. The van der Waals surface area contributed by atoms with Crippen LogP contribution in [0.5, 0.6) is 0 Å². The molecule has 0 saturated heterocycles. The molecule has 1 N–H and O–H groups in total. The van der Waals surface area contributed by atoms with Gasteiger partial charge >= 0.3 is 0 Å². The van der Waals surface area contributed by atoms with Crippen molar-refractivity contribution in [2.45, 2.75) is 12.8 Å². The van der Waals surface area contributed by atoms with Crippen molar-refractivity contribution in [3.05, 3.63) is 56.4 Å². The van der Waals surface area contributed by atoms with Gasteiger partial charge < -0.3 is 5.32 Å². The molecule has 2 aromatic rings. The van der Waals surface area contributed by atoms with Gasteiger partial charge in [0, 0.05) is 9.35 Å². The third-order valence-corrected chi connectivity index (χ3v) is 5.04. The second-order valence-electron chi connectivity index (χ2n) is 4.65. The van der Waals surface area contributed by atoms with Crippen molar-refractivity contribution in [3.63, 3.8) is 0 Å². The molecule has 0 aliphatic carbocycles. The SMILES string of the molecule is CNCC(Cc1ccc(F)cc1)Cc1sccc1Br. The third kappa shape index (κ3) is 4.41. The predicted molar refractivity (Wildman–Crippen MR) is 83.2 cm³/mol. The van der Waals surface area contributed by atoms with Gasteiger partial charge in [0.15, 0.2) is 0 Å². The molecule has 102 valence electrons. The van der Waals surface area contributed by atoms with Crippen molar-refractivity contribution in [2.75, 3.05) is 13.6 Å². The van der Waals surface area contributed by atoms with Crippen LogP contribution in [0.3, 0.4) is 0 Å². The van der Waals surface area contributed by atoms with Gasteiger partial charge in [0.1, 0.15) is 5.82 Å². The average molecular weight is 342 g/mol. The highest BCUT2D eigenvalue weighted by Crippen LogP contribution is 2.26. The molecule has 2 rings (SSSR count). The minimum absolute atomic E-state index is 0.171. The van der Waals surface area contributed by atoms with Crippen LogP contribution in [0.25, 0.3) is 0 Å². The first-order valence-corrected chi connectivity index (χ1v) is 7.97. The Labute approximate surface area is 126 Å². The fourth-order valence-corrected chi connectivity index (χ4v) is 3.82. The second-order valence-corrected chi connectivity index (χ2v) is 6.51. The van der Waals surface area contributed by atoms with Gasteiger partial charge in [-0.3, -0.25) is 0 Å². The van der Waals surface area contributed by atoms with E-state index in [9.17, 15) is 4.39 Å². The molecule has 19 heavy (non-hydrogen) atoms. The monoisotopic (exact) mass is 341 g/mol. The van der Waals surface area contributed by atoms with Gasteiger partial charge in [0.05, 0.1) is 0 Å². The minimum Gasteiger partial charge on any atom is -0.319 e. The number of halogens is 2. The summed E-state index contributed by atoms with van der Waals surface area (Å²) in [5.74, 6) is 0.348. The Kier molecular flexibility index (Phi) is 5.55. The summed E-state index contributed by atoms with van der Waals surface area (Å²) in [6.07, 6.45) is 2.00. The van der Waals surface area contributed by atoms with E-state index < -0.39 is 0 Å². The Morgan fingerprint density at radius 2 is 1.95 bits per heavy atom. The van der Waals surface area contributed by atoms with E-state index in [4.69, 9.17) is 0 Å². The molecule has 1 atom stereocenters. The fourth-order valence-electron chi connectivity index (χ4n) is 2.19. The van der Waals surface area contributed by atoms with E-state index in [2.05, 4.69) is 32.7 Å². The molecule has 0 spiro atoms. The van der Waals surface area contributed by atoms with Crippen molar-refractivity contribution in [1.29, 1.82) is 0 Å². The number of hydrogen-bond donors (Lipinski definition) is 1. The lowest BCUT2D eigenvalue weighted by Gasteiger charge is -2.16. The zero-order chi connectivity index (χ0) is 13.7. The molecular formula is C15H17BrFNS. The third-order valence-electron chi connectivity index (χ3n) is 3.10. The summed E-state index contributed by atoms with van der Waals surface area (Å²) in [6, 6.07) is 8.91. The summed E-state index contributed by atoms with van der Waals surface area (Å²) < 4.78 is 14.1. The normalized spacial score (nSPS) is 12.6. The zero-order valence-electron chi connectivity index (χ0n) is 10.8. The Bertz CT molecular complexity index is 509. The van der Waals surface area contributed by atoms with Crippen molar-refractivity contribution < 1.29 is 4.39 Å². The summed E-state index contributed by atoms with van der Waals surface area (Å²) in [7, 11) is 1.97. The van der Waals surface area contributed by atoms with Crippen molar-refractivity contribution in [1.82, 2.24) is 5.32 Å². The summed E-state index contributed by atoms with van der Waals surface area (Å²) in [4.78, 5) is 1.38. The molecule has 4 heteroatoms. The number of hydrogen-bond acceptors (Lipinski definition) is 2. The van der Waals surface area contributed by atoms with Crippen LogP contribution in [0.1, 0.15) is 10.4 Å². The van der Waals surface area contributed by atoms with Gasteiger partial charge in [-0.05, 0) is 77.4 Å². The van der Waals surface area contributed by atoms with Crippen molar-refractivity contribution in [2.24, 2.45) is 5.92 Å². The highest BCUT2D eigenvalue weighted by atomic mass is 79.9. The molecule has 0 amide bonds. The Balaban J connectivity index is 2.03. The number of benzene rings is 1. The lowest BCUT2D eigenvalue weighted by Crippen LogP contribution is -2.22. The van der Waals surface area contributed by atoms with Gasteiger partial charge in [-0.1, -0.05) is 12.1 Å². The molecule has 1 nitrogen and oxygen atoms in total. The number of nitrogens with one attached hydrogen (secondary N) is 1. The molecule has 0 bridgehead atoms. The van der Waals surface area contributed by atoms with E-state index in [1.54, 1.807) is 11.3 Å². The van der Waals surface area contributed by atoms with Gasteiger partial charge in [0.2, 0.25) is 0 Å². The molecule has 1 aromatic heterocycles. The molecule has 1 unspecified atom stereocenters. The molecular weight excluding hydrogens is 325 g/mol. The van der Waals surface area contributed by atoms with Crippen LogP contribution in [0.4, 0.5) is 4.39 Å². The Morgan fingerprint density at radius 3 is 2.53 bits per heavy atom.